The molecule has 0 aliphatic carbocycles. The van der Waals surface area contributed by atoms with Crippen molar-refractivity contribution in [3.8, 4) is 0 Å². The van der Waals surface area contributed by atoms with Crippen LogP contribution < -0.4 is 4.90 Å². The number of benzene rings is 1. The minimum atomic E-state index is -3.72. The van der Waals surface area contributed by atoms with Gasteiger partial charge in [0.15, 0.2) is 5.78 Å². The largest absolute Gasteiger partial charge is 0.466 e. The molecule has 8 nitrogen and oxygen atoms in total. The minimum absolute atomic E-state index is 0.143. The van der Waals surface area contributed by atoms with Crippen LogP contribution in [0.15, 0.2) is 42.1 Å². The minimum Gasteiger partial charge on any atom is -0.466 e. The third-order valence-corrected chi connectivity index (χ3v) is 6.25. The first-order chi connectivity index (χ1) is 13.4. The van der Waals surface area contributed by atoms with Crippen LogP contribution in [0.4, 0.5) is 5.69 Å². The van der Waals surface area contributed by atoms with Gasteiger partial charge in [-0.25, -0.2) is 9.59 Å². The highest BCUT2D eigenvalue weighted by Crippen LogP contribution is 2.57. The lowest BCUT2D eigenvalue weighted by Gasteiger charge is -2.38. The number of carbonyl (C=O) groups is 2. The van der Waals surface area contributed by atoms with E-state index in [1.54, 1.807) is 38.1 Å². The average Bonchev–Trinajstić information content (AvgIpc) is 2.70. The molecule has 28 heavy (non-hydrogen) atoms. The van der Waals surface area contributed by atoms with E-state index in [9.17, 15) is 14.2 Å². The zero-order chi connectivity index (χ0) is 20.7. The standard InChI is InChI=1S/C19H24NO7P/c1-5-26-28(23,27-6-2)17-12-11-14-9-7-8-10-15(14)20(17)16(19(22)25-4)13-18(21)24-3/h7-13,17H,5-6H2,1-4H3/b16-13+. The number of ether oxygens (including phenoxy) is 2. The number of fused-ring (bicyclic) bond motifs is 1. The van der Waals surface area contributed by atoms with Gasteiger partial charge in [-0.15, -0.1) is 0 Å². The van der Waals surface area contributed by atoms with Crippen LogP contribution in [0.3, 0.4) is 0 Å². The predicted molar refractivity (Wildman–Crippen MR) is 105 cm³/mol. The van der Waals surface area contributed by atoms with Crippen molar-refractivity contribution in [2.24, 2.45) is 0 Å². The van der Waals surface area contributed by atoms with Crippen molar-refractivity contribution in [2.75, 3.05) is 32.3 Å². The van der Waals surface area contributed by atoms with Gasteiger partial charge in [0.25, 0.3) is 0 Å². The van der Waals surface area contributed by atoms with Crippen LogP contribution in [0.5, 0.6) is 0 Å². The van der Waals surface area contributed by atoms with Crippen molar-refractivity contribution in [3.63, 3.8) is 0 Å². The molecule has 1 aromatic carbocycles. The van der Waals surface area contributed by atoms with E-state index >= 15 is 0 Å². The fraction of sp³-hybridized carbons (Fsp3) is 0.368. The fourth-order valence-electron chi connectivity index (χ4n) is 2.84. The first kappa shape index (κ1) is 21.9. The zero-order valence-corrected chi connectivity index (χ0v) is 17.2. The summed E-state index contributed by atoms with van der Waals surface area (Å²) in [4.78, 5) is 25.9. The maximum Gasteiger partial charge on any atom is 0.357 e. The Bertz CT molecular complexity index is 823. The molecule has 1 aliphatic rings. The van der Waals surface area contributed by atoms with Gasteiger partial charge in [-0.1, -0.05) is 24.3 Å². The third kappa shape index (κ3) is 4.52. The van der Waals surface area contributed by atoms with Crippen LogP contribution in [-0.2, 0) is 32.7 Å². The molecule has 0 aromatic heterocycles. The Labute approximate surface area is 164 Å². The number of carbonyl (C=O) groups excluding carboxylic acids is 2. The predicted octanol–water partition coefficient (Wildman–Crippen LogP) is 3.34. The van der Waals surface area contributed by atoms with Gasteiger partial charge in [-0.05, 0) is 31.6 Å². The SMILES string of the molecule is CCOP(=O)(OCC)C1C=Cc2ccccc2N1/C(=C/C(=O)OC)C(=O)OC. The Morgan fingerprint density at radius 2 is 1.75 bits per heavy atom. The summed E-state index contributed by atoms with van der Waals surface area (Å²) in [5, 5.41) is 0. The smallest absolute Gasteiger partial charge is 0.357 e. The molecule has 0 spiro atoms. The highest BCUT2D eigenvalue weighted by Gasteiger charge is 2.43. The summed E-state index contributed by atoms with van der Waals surface area (Å²) >= 11 is 0. The third-order valence-electron chi connectivity index (χ3n) is 3.96. The van der Waals surface area contributed by atoms with E-state index in [1.165, 1.54) is 19.1 Å². The summed E-state index contributed by atoms with van der Waals surface area (Å²) in [6.07, 6.45) is 4.40. The van der Waals surface area contributed by atoms with Gasteiger partial charge in [-0.3, -0.25) is 4.57 Å². The van der Waals surface area contributed by atoms with E-state index in [1.807, 2.05) is 12.1 Å². The van der Waals surface area contributed by atoms with Crippen LogP contribution in [0.25, 0.3) is 6.08 Å². The molecule has 9 heteroatoms. The second kappa shape index (κ2) is 9.68. The first-order valence-corrected chi connectivity index (χ1v) is 10.4. The van der Waals surface area contributed by atoms with E-state index < -0.39 is 25.3 Å². The molecule has 1 aliphatic heterocycles. The van der Waals surface area contributed by atoms with E-state index in [0.717, 1.165) is 11.6 Å². The van der Waals surface area contributed by atoms with Gasteiger partial charge in [0.1, 0.15) is 5.70 Å². The van der Waals surface area contributed by atoms with E-state index in [4.69, 9.17) is 13.8 Å². The van der Waals surface area contributed by atoms with Crippen molar-refractivity contribution < 1.29 is 32.7 Å². The Morgan fingerprint density at radius 1 is 1.11 bits per heavy atom. The summed E-state index contributed by atoms with van der Waals surface area (Å²) in [5.74, 6) is -2.52. The molecule has 0 N–H and O–H groups in total. The maximum absolute atomic E-state index is 13.5. The molecular formula is C19H24NO7P. The van der Waals surface area contributed by atoms with Crippen molar-refractivity contribution in [2.45, 2.75) is 19.6 Å². The van der Waals surface area contributed by atoms with E-state index in [2.05, 4.69) is 4.74 Å². The molecule has 0 saturated carbocycles. The van der Waals surface area contributed by atoms with Gasteiger partial charge in [0.2, 0.25) is 0 Å². The lowest BCUT2D eigenvalue weighted by atomic mass is 10.1. The van der Waals surface area contributed by atoms with E-state index in [-0.39, 0.29) is 18.9 Å². The number of anilines is 1. The highest BCUT2D eigenvalue weighted by atomic mass is 31.2. The second-order valence-corrected chi connectivity index (χ2v) is 7.75. The van der Waals surface area contributed by atoms with Crippen LogP contribution in [0, 0.1) is 0 Å². The van der Waals surface area contributed by atoms with Gasteiger partial charge in [-0.2, -0.15) is 0 Å². The van der Waals surface area contributed by atoms with E-state index in [0.29, 0.717) is 5.69 Å². The molecule has 152 valence electrons. The van der Waals surface area contributed by atoms with Gasteiger partial charge in [0.05, 0.1) is 33.5 Å². The number of hydrogen-bond donors (Lipinski definition) is 0. The Balaban J connectivity index is 2.71. The quantitative estimate of drug-likeness (QED) is 0.367. The topological polar surface area (TPSA) is 91.4 Å². The van der Waals surface area contributed by atoms with Crippen molar-refractivity contribution in [3.05, 3.63) is 47.7 Å². The Morgan fingerprint density at radius 3 is 2.32 bits per heavy atom. The molecule has 0 amide bonds. The van der Waals surface area contributed by atoms with Crippen LogP contribution in [-0.4, -0.2) is 45.2 Å². The number of esters is 2. The van der Waals surface area contributed by atoms with Gasteiger partial charge in [0, 0.05) is 5.69 Å². The zero-order valence-electron chi connectivity index (χ0n) is 16.3. The maximum atomic E-state index is 13.5. The summed E-state index contributed by atoms with van der Waals surface area (Å²) in [7, 11) is -1.34. The summed E-state index contributed by atoms with van der Waals surface area (Å²) in [6.45, 7) is 3.68. The Kier molecular flexibility index (Phi) is 7.57. The second-order valence-electron chi connectivity index (χ2n) is 5.62. The van der Waals surface area contributed by atoms with Gasteiger partial charge >= 0.3 is 19.5 Å². The number of para-hydroxylation sites is 1. The first-order valence-electron chi connectivity index (χ1n) is 8.75. The molecule has 0 bridgehead atoms. The molecule has 1 aromatic rings. The number of rotatable bonds is 8. The molecule has 0 radical (unpaired) electrons. The average molecular weight is 409 g/mol. The summed E-state index contributed by atoms with van der Waals surface area (Å²) in [5.41, 5.74) is 1.17. The van der Waals surface area contributed by atoms with Crippen LogP contribution >= 0.6 is 7.60 Å². The van der Waals surface area contributed by atoms with Crippen molar-refractivity contribution in [1.29, 1.82) is 0 Å². The fourth-order valence-corrected chi connectivity index (χ4v) is 4.77. The van der Waals surface area contributed by atoms with Crippen molar-refractivity contribution >= 4 is 31.3 Å². The Hall–Kier alpha value is -2.41. The monoisotopic (exact) mass is 409 g/mol. The van der Waals surface area contributed by atoms with Crippen LogP contribution in [0.2, 0.25) is 0 Å². The molecule has 1 unspecified atom stereocenters. The molecule has 1 atom stereocenters. The van der Waals surface area contributed by atoms with Crippen LogP contribution in [0.1, 0.15) is 19.4 Å². The summed E-state index contributed by atoms with van der Waals surface area (Å²) in [6, 6.07) is 7.16. The lowest BCUT2D eigenvalue weighted by molar-refractivity contribution is -0.138. The summed E-state index contributed by atoms with van der Waals surface area (Å²) < 4.78 is 34.0. The molecule has 0 fully saturated rings. The highest BCUT2D eigenvalue weighted by molar-refractivity contribution is 7.55. The van der Waals surface area contributed by atoms with Crippen molar-refractivity contribution in [1.82, 2.24) is 0 Å². The molecular weight excluding hydrogens is 385 g/mol. The normalized spacial score (nSPS) is 16.5. The number of hydrogen-bond acceptors (Lipinski definition) is 8. The number of methoxy groups -OCH3 is 2. The number of nitrogens with zero attached hydrogens (tertiary/aromatic N) is 1. The lowest BCUT2D eigenvalue weighted by Crippen LogP contribution is -2.40. The molecule has 0 saturated heterocycles. The van der Waals surface area contributed by atoms with Gasteiger partial charge < -0.3 is 23.4 Å². The molecule has 1 heterocycles. The molecule has 2 rings (SSSR count).